The smallest absolute Gasteiger partial charge is 0.307 e. The number of aromatic nitrogens is 1. The van der Waals surface area contributed by atoms with Gasteiger partial charge < -0.3 is 15.4 Å². The maximum absolute atomic E-state index is 10.8. The topological polar surface area (TPSA) is 65.1 Å². The number of hydrogen-bond acceptors (Lipinski definition) is 2. The average molecular weight is 280 g/mol. The lowest BCUT2D eigenvalue weighted by Crippen LogP contribution is -1.99. The minimum Gasteiger partial charge on any atom is -0.481 e. The highest BCUT2D eigenvalue weighted by molar-refractivity contribution is 5.86. The molecule has 0 spiro atoms. The molecule has 0 saturated heterocycles. The maximum atomic E-state index is 10.8. The van der Waals surface area contributed by atoms with Crippen molar-refractivity contribution in [3.8, 4) is 0 Å². The molecule has 0 aliphatic carbocycles. The Kier molecular flexibility index (Phi) is 3.36. The molecule has 3 rings (SSSR count). The number of H-pyrrole nitrogens is 1. The van der Waals surface area contributed by atoms with Gasteiger partial charge in [0.2, 0.25) is 0 Å². The molecule has 3 aromatic rings. The van der Waals surface area contributed by atoms with E-state index in [0.717, 1.165) is 28.0 Å². The number of carboxylic acid groups (broad SMARTS) is 1. The first-order valence-electron chi connectivity index (χ1n) is 6.78. The van der Waals surface area contributed by atoms with Crippen LogP contribution in [0.2, 0.25) is 0 Å². The van der Waals surface area contributed by atoms with Gasteiger partial charge in [-0.2, -0.15) is 0 Å². The van der Waals surface area contributed by atoms with Gasteiger partial charge in [0, 0.05) is 16.6 Å². The highest BCUT2D eigenvalue weighted by atomic mass is 16.4. The molecule has 0 unspecified atom stereocenters. The number of carboxylic acids is 1. The summed E-state index contributed by atoms with van der Waals surface area (Å²) in [6.45, 7) is 2.05. The van der Waals surface area contributed by atoms with Gasteiger partial charge in [-0.3, -0.25) is 4.79 Å². The summed E-state index contributed by atoms with van der Waals surface area (Å²) in [5.74, 6) is 0.0749. The van der Waals surface area contributed by atoms with Crippen LogP contribution in [0.3, 0.4) is 0 Å². The first-order valence-corrected chi connectivity index (χ1v) is 6.78. The van der Waals surface area contributed by atoms with E-state index in [0.29, 0.717) is 0 Å². The minimum atomic E-state index is -0.820. The number of hydrogen-bond donors (Lipinski definition) is 3. The van der Waals surface area contributed by atoms with Crippen LogP contribution in [0.5, 0.6) is 0 Å². The maximum Gasteiger partial charge on any atom is 0.307 e. The zero-order valence-corrected chi connectivity index (χ0v) is 11.7. The van der Waals surface area contributed by atoms with Gasteiger partial charge in [0.1, 0.15) is 5.82 Å². The van der Waals surface area contributed by atoms with Crippen molar-refractivity contribution in [1.82, 2.24) is 4.98 Å². The number of benzene rings is 2. The van der Waals surface area contributed by atoms with E-state index in [4.69, 9.17) is 5.11 Å². The zero-order valence-electron chi connectivity index (χ0n) is 11.7. The number of para-hydroxylation sites is 1. The predicted octanol–water partition coefficient (Wildman–Crippen LogP) is 3.85. The monoisotopic (exact) mass is 280 g/mol. The molecule has 3 N–H and O–H groups in total. The molecular weight excluding hydrogens is 264 g/mol. The fraction of sp³-hybridized carbons (Fsp3) is 0.118. The van der Waals surface area contributed by atoms with Crippen molar-refractivity contribution in [2.45, 2.75) is 13.3 Å². The number of aliphatic carboxylic acids is 1. The molecule has 106 valence electrons. The fourth-order valence-electron chi connectivity index (χ4n) is 2.38. The van der Waals surface area contributed by atoms with Crippen LogP contribution in [0.25, 0.3) is 10.9 Å². The third-order valence-electron chi connectivity index (χ3n) is 3.46. The summed E-state index contributed by atoms with van der Waals surface area (Å²) >= 11 is 0. The molecule has 0 saturated carbocycles. The molecule has 21 heavy (non-hydrogen) atoms. The molecule has 0 bridgehead atoms. The van der Waals surface area contributed by atoms with Gasteiger partial charge in [-0.1, -0.05) is 30.3 Å². The Hall–Kier alpha value is -2.75. The SMILES string of the molecule is Cc1ccccc1Nc1cc2ccc(CC(=O)O)cc2[nH]1. The molecule has 0 aliphatic rings. The lowest BCUT2D eigenvalue weighted by molar-refractivity contribution is -0.136. The lowest BCUT2D eigenvalue weighted by atomic mass is 10.1. The summed E-state index contributed by atoms with van der Waals surface area (Å²) in [5, 5.41) is 13.3. The Morgan fingerprint density at radius 2 is 2.00 bits per heavy atom. The Morgan fingerprint density at radius 3 is 2.76 bits per heavy atom. The Morgan fingerprint density at radius 1 is 1.19 bits per heavy atom. The van der Waals surface area contributed by atoms with Crippen LogP contribution in [0.4, 0.5) is 11.5 Å². The Labute approximate surface area is 122 Å². The molecule has 0 amide bonds. The normalized spacial score (nSPS) is 10.7. The molecule has 2 aromatic carbocycles. The summed E-state index contributed by atoms with van der Waals surface area (Å²) in [4.78, 5) is 14.0. The van der Waals surface area contributed by atoms with Gasteiger partial charge in [0.05, 0.1) is 6.42 Å². The average Bonchev–Trinajstić information content (AvgIpc) is 2.82. The van der Waals surface area contributed by atoms with Crippen molar-refractivity contribution < 1.29 is 9.90 Å². The number of carbonyl (C=O) groups is 1. The van der Waals surface area contributed by atoms with Crippen LogP contribution in [-0.2, 0) is 11.2 Å². The van der Waals surface area contributed by atoms with Crippen LogP contribution in [0.15, 0.2) is 48.5 Å². The van der Waals surface area contributed by atoms with E-state index >= 15 is 0 Å². The zero-order chi connectivity index (χ0) is 14.8. The van der Waals surface area contributed by atoms with Crippen molar-refractivity contribution in [1.29, 1.82) is 0 Å². The van der Waals surface area contributed by atoms with Crippen LogP contribution in [-0.4, -0.2) is 16.1 Å². The van der Waals surface area contributed by atoms with E-state index in [-0.39, 0.29) is 6.42 Å². The molecule has 0 atom stereocenters. The van der Waals surface area contributed by atoms with E-state index in [1.807, 2.05) is 42.5 Å². The molecule has 0 aliphatic heterocycles. The number of aromatic amines is 1. The third-order valence-corrected chi connectivity index (χ3v) is 3.46. The number of nitrogens with one attached hydrogen (secondary N) is 2. The summed E-state index contributed by atoms with van der Waals surface area (Å²) in [6.07, 6.45) is 0.0372. The largest absolute Gasteiger partial charge is 0.481 e. The number of fused-ring (bicyclic) bond motifs is 1. The highest BCUT2D eigenvalue weighted by Crippen LogP contribution is 2.24. The summed E-state index contributed by atoms with van der Waals surface area (Å²) in [7, 11) is 0. The lowest BCUT2D eigenvalue weighted by Gasteiger charge is -2.06. The van der Waals surface area contributed by atoms with E-state index in [9.17, 15) is 4.79 Å². The van der Waals surface area contributed by atoms with E-state index in [1.165, 1.54) is 5.56 Å². The fourth-order valence-corrected chi connectivity index (χ4v) is 2.38. The Bertz CT molecular complexity index is 805. The second kappa shape index (κ2) is 5.32. The van der Waals surface area contributed by atoms with Crippen LogP contribution in [0.1, 0.15) is 11.1 Å². The second-order valence-corrected chi connectivity index (χ2v) is 5.12. The van der Waals surface area contributed by atoms with Crippen molar-refractivity contribution in [2.24, 2.45) is 0 Å². The van der Waals surface area contributed by atoms with Crippen molar-refractivity contribution in [3.63, 3.8) is 0 Å². The van der Waals surface area contributed by atoms with Gasteiger partial charge in [-0.05, 0) is 36.2 Å². The van der Waals surface area contributed by atoms with Gasteiger partial charge in [0.15, 0.2) is 0 Å². The summed E-state index contributed by atoms with van der Waals surface area (Å²) in [6, 6.07) is 15.8. The second-order valence-electron chi connectivity index (χ2n) is 5.12. The molecule has 1 heterocycles. The van der Waals surface area contributed by atoms with E-state index in [2.05, 4.69) is 23.3 Å². The Balaban J connectivity index is 1.90. The summed E-state index contributed by atoms with van der Waals surface area (Å²) < 4.78 is 0. The first-order chi connectivity index (χ1) is 10.1. The van der Waals surface area contributed by atoms with E-state index < -0.39 is 5.97 Å². The minimum absolute atomic E-state index is 0.0372. The van der Waals surface area contributed by atoms with Crippen molar-refractivity contribution in [3.05, 3.63) is 59.7 Å². The number of aryl methyl sites for hydroxylation is 1. The van der Waals surface area contributed by atoms with Crippen LogP contribution < -0.4 is 5.32 Å². The molecule has 1 aromatic heterocycles. The van der Waals surface area contributed by atoms with Crippen LogP contribution in [0, 0.1) is 6.92 Å². The molecule has 0 fully saturated rings. The van der Waals surface area contributed by atoms with Gasteiger partial charge in [-0.25, -0.2) is 0 Å². The summed E-state index contributed by atoms with van der Waals surface area (Å²) in [5.41, 5.74) is 3.95. The number of anilines is 2. The van der Waals surface area contributed by atoms with Crippen molar-refractivity contribution >= 4 is 28.4 Å². The highest BCUT2D eigenvalue weighted by Gasteiger charge is 2.05. The van der Waals surface area contributed by atoms with Gasteiger partial charge in [-0.15, -0.1) is 0 Å². The van der Waals surface area contributed by atoms with Crippen LogP contribution >= 0.6 is 0 Å². The first kappa shape index (κ1) is 13.2. The van der Waals surface area contributed by atoms with Gasteiger partial charge in [0.25, 0.3) is 0 Å². The third kappa shape index (κ3) is 2.89. The molecule has 0 radical (unpaired) electrons. The van der Waals surface area contributed by atoms with Crippen molar-refractivity contribution in [2.75, 3.05) is 5.32 Å². The number of rotatable bonds is 4. The molecular formula is C17H16N2O2. The molecule has 4 nitrogen and oxygen atoms in total. The standard InChI is InChI=1S/C17H16N2O2/c1-11-4-2-3-5-14(11)18-16-10-13-7-6-12(9-17(20)21)8-15(13)19-16/h2-8,10,18-19H,9H2,1H3,(H,20,21). The predicted molar refractivity (Wildman–Crippen MR) is 84.1 cm³/mol. The quantitative estimate of drug-likeness (QED) is 0.680. The van der Waals surface area contributed by atoms with Gasteiger partial charge >= 0.3 is 5.97 Å². The van der Waals surface area contributed by atoms with E-state index in [1.54, 1.807) is 0 Å². The molecule has 4 heteroatoms.